The first-order valence-corrected chi connectivity index (χ1v) is 8.91. The van der Waals surface area contributed by atoms with Crippen molar-refractivity contribution in [1.82, 2.24) is 34.7 Å². The Labute approximate surface area is 155 Å². The fourth-order valence-electron chi connectivity index (χ4n) is 3.48. The minimum absolute atomic E-state index is 0.741. The first-order valence-electron chi connectivity index (χ1n) is 8.91. The molecule has 1 aliphatic heterocycles. The number of aromatic nitrogens is 7. The number of rotatable bonds is 3. The monoisotopic (exact) mass is 361 g/mol. The van der Waals surface area contributed by atoms with E-state index in [-0.39, 0.29) is 0 Å². The number of hydrogen-bond acceptors (Lipinski definition) is 7. The molecule has 4 aromatic heterocycles. The number of H-pyrrole nitrogens is 1. The lowest BCUT2D eigenvalue weighted by Crippen LogP contribution is -2.47. The van der Waals surface area contributed by atoms with Gasteiger partial charge in [0.2, 0.25) is 0 Å². The lowest BCUT2D eigenvalue weighted by atomic mass is 10.2. The highest BCUT2D eigenvalue weighted by Gasteiger charge is 2.22. The van der Waals surface area contributed by atoms with Gasteiger partial charge in [-0.2, -0.15) is 5.10 Å². The first-order chi connectivity index (χ1) is 13.3. The summed E-state index contributed by atoms with van der Waals surface area (Å²) in [5.41, 5.74) is 0.873. The summed E-state index contributed by atoms with van der Waals surface area (Å²) in [4.78, 5) is 25.6. The molecule has 0 radical (unpaired) electrons. The number of aryl methyl sites for hydroxylation is 1. The van der Waals surface area contributed by atoms with Crippen molar-refractivity contribution in [2.45, 2.75) is 6.92 Å². The van der Waals surface area contributed by atoms with E-state index in [9.17, 15) is 0 Å². The van der Waals surface area contributed by atoms with Crippen molar-refractivity contribution in [3.05, 3.63) is 48.9 Å². The standard InChI is InChI=1S/C18H19N9/c1-13-23-15(11-16(24-13)27-6-2-4-22-27)25-7-9-26(10-8-25)18-14-3-5-19-17(14)20-12-21-18/h2-6,11-12H,7-10H2,1H3,(H,19,20,21). The second kappa shape index (κ2) is 6.35. The Kier molecular flexibility index (Phi) is 3.70. The van der Waals surface area contributed by atoms with Crippen LogP contribution < -0.4 is 9.80 Å². The molecule has 9 nitrogen and oxygen atoms in total. The zero-order chi connectivity index (χ0) is 18.2. The molecule has 1 N–H and O–H groups in total. The average Bonchev–Trinajstić information content (AvgIpc) is 3.39. The molecule has 1 aliphatic rings. The number of aromatic amines is 1. The fraction of sp³-hybridized carbons (Fsp3) is 0.278. The summed E-state index contributed by atoms with van der Waals surface area (Å²) in [5.74, 6) is 3.44. The molecule has 5 rings (SSSR count). The number of nitrogens with one attached hydrogen (secondary N) is 1. The van der Waals surface area contributed by atoms with Crippen molar-refractivity contribution in [2.75, 3.05) is 36.0 Å². The summed E-state index contributed by atoms with van der Waals surface area (Å²) in [6, 6.07) is 5.91. The van der Waals surface area contributed by atoms with Crippen LogP contribution in [-0.2, 0) is 0 Å². The molecule has 0 spiro atoms. The lowest BCUT2D eigenvalue weighted by molar-refractivity contribution is 0.640. The summed E-state index contributed by atoms with van der Waals surface area (Å²) >= 11 is 0. The third kappa shape index (κ3) is 2.86. The summed E-state index contributed by atoms with van der Waals surface area (Å²) in [7, 11) is 0. The van der Waals surface area contributed by atoms with Crippen molar-refractivity contribution in [3.8, 4) is 5.82 Å². The predicted octanol–water partition coefficient (Wildman–Crippen LogP) is 1.57. The van der Waals surface area contributed by atoms with E-state index in [1.807, 2.05) is 37.5 Å². The predicted molar refractivity (Wildman–Crippen MR) is 102 cm³/mol. The van der Waals surface area contributed by atoms with E-state index < -0.39 is 0 Å². The van der Waals surface area contributed by atoms with Crippen molar-refractivity contribution in [1.29, 1.82) is 0 Å². The maximum absolute atomic E-state index is 4.63. The summed E-state index contributed by atoms with van der Waals surface area (Å²) in [6.07, 6.45) is 7.16. The van der Waals surface area contributed by atoms with Crippen LogP contribution >= 0.6 is 0 Å². The molecule has 0 bridgehead atoms. The van der Waals surface area contributed by atoms with E-state index in [1.54, 1.807) is 17.2 Å². The van der Waals surface area contributed by atoms with Gasteiger partial charge >= 0.3 is 0 Å². The summed E-state index contributed by atoms with van der Waals surface area (Å²) < 4.78 is 1.76. The van der Waals surface area contributed by atoms with Gasteiger partial charge in [0, 0.05) is 50.8 Å². The van der Waals surface area contributed by atoms with E-state index in [0.717, 1.165) is 60.5 Å². The van der Waals surface area contributed by atoms with Gasteiger partial charge in [-0.25, -0.2) is 24.6 Å². The minimum atomic E-state index is 0.741. The molecule has 0 amide bonds. The number of piperazine rings is 1. The normalized spacial score (nSPS) is 14.9. The number of nitrogens with zero attached hydrogens (tertiary/aromatic N) is 8. The molecule has 0 saturated carbocycles. The summed E-state index contributed by atoms with van der Waals surface area (Å²) in [5, 5.41) is 5.33. The zero-order valence-electron chi connectivity index (χ0n) is 14.9. The fourth-order valence-corrected chi connectivity index (χ4v) is 3.48. The van der Waals surface area contributed by atoms with E-state index in [0.29, 0.717) is 0 Å². The van der Waals surface area contributed by atoms with Crippen molar-refractivity contribution < 1.29 is 0 Å². The molecular formula is C18H19N9. The Balaban J connectivity index is 1.37. The molecule has 0 aromatic carbocycles. The van der Waals surface area contributed by atoms with Crippen molar-refractivity contribution >= 4 is 22.7 Å². The van der Waals surface area contributed by atoms with E-state index in [4.69, 9.17) is 0 Å². The van der Waals surface area contributed by atoms with Crippen LogP contribution in [0.25, 0.3) is 16.9 Å². The van der Waals surface area contributed by atoms with Gasteiger partial charge < -0.3 is 14.8 Å². The van der Waals surface area contributed by atoms with Gasteiger partial charge in [0.25, 0.3) is 0 Å². The Morgan fingerprint density at radius 2 is 1.81 bits per heavy atom. The maximum Gasteiger partial charge on any atom is 0.159 e. The van der Waals surface area contributed by atoms with Gasteiger partial charge in [0.05, 0.1) is 5.39 Å². The summed E-state index contributed by atoms with van der Waals surface area (Å²) in [6.45, 7) is 5.39. The third-order valence-corrected chi connectivity index (χ3v) is 4.79. The topological polar surface area (TPSA) is 91.7 Å². The molecular weight excluding hydrogens is 342 g/mol. The number of anilines is 2. The van der Waals surface area contributed by atoms with Crippen LogP contribution in [0.3, 0.4) is 0 Å². The third-order valence-electron chi connectivity index (χ3n) is 4.79. The second-order valence-corrected chi connectivity index (χ2v) is 6.49. The van der Waals surface area contributed by atoms with E-state index in [2.05, 4.69) is 39.8 Å². The van der Waals surface area contributed by atoms with Crippen molar-refractivity contribution in [2.24, 2.45) is 0 Å². The van der Waals surface area contributed by atoms with Crippen LogP contribution in [-0.4, -0.2) is 60.9 Å². The van der Waals surface area contributed by atoms with Crippen LogP contribution in [0.5, 0.6) is 0 Å². The smallest absolute Gasteiger partial charge is 0.159 e. The SMILES string of the molecule is Cc1nc(N2CCN(c3ncnc4[nH]ccc34)CC2)cc(-n2cccn2)n1. The first kappa shape index (κ1) is 15.7. The van der Waals surface area contributed by atoms with Gasteiger partial charge in [0.1, 0.15) is 29.4 Å². The molecule has 27 heavy (non-hydrogen) atoms. The Hall–Kier alpha value is -3.49. The highest BCUT2D eigenvalue weighted by molar-refractivity contribution is 5.87. The van der Waals surface area contributed by atoms with Crippen molar-refractivity contribution in [3.63, 3.8) is 0 Å². The molecule has 136 valence electrons. The molecule has 5 heterocycles. The van der Waals surface area contributed by atoms with Gasteiger partial charge in [-0.05, 0) is 19.1 Å². The average molecular weight is 361 g/mol. The molecule has 0 aliphatic carbocycles. The molecule has 1 saturated heterocycles. The highest BCUT2D eigenvalue weighted by atomic mass is 15.3. The Bertz CT molecular complexity index is 1060. The van der Waals surface area contributed by atoms with Gasteiger partial charge in [-0.1, -0.05) is 0 Å². The molecule has 1 fully saturated rings. The van der Waals surface area contributed by atoms with E-state index in [1.165, 1.54) is 0 Å². The van der Waals surface area contributed by atoms with Gasteiger partial charge in [0.15, 0.2) is 5.82 Å². The minimum Gasteiger partial charge on any atom is -0.353 e. The molecule has 0 unspecified atom stereocenters. The van der Waals surface area contributed by atoms with Crippen LogP contribution in [0.1, 0.15) is 5.82 Å². The quantitative estimate of drug-likeness (QED) is 0.592. The van der Waals surface area contributed by atoms with Crippen LogP contribution in [0.15, 0.2) is 43.1 Å². The molecule has 9 heteroatoms. The Morgan fingerprint density at radius 1 is 1.00 bits per heavy atom. The van der Waals surface area contributed by atoms with Crippen LogP contribution in [0, 0.1) is 6.92 Å². The van der Waals surface area contributed by atoms with Gasteiger partial charge in [-0.3, -0.25) is 0 Å². The highest BCUT2D eigenvalue weighted by Crippen LogP contribution is 2.24. The lowest BCUT2D eigenvalue weighted by Gasteiger charge is -2.36. The molecule has 4 aromatic rings. The van der Waals surface area contributed by atoms with Gasteiger partial charge in [-0.15, -0.1) is 0 Å². The second-order valence-electron chi connectivity index (χ2n) is 6.49. The maximum atomic E-state index is 4.63. The van der Waals surface area contributed by atoms with E-state index >= 15 is 0 Å². The van der Waals surface area contributed by atoms with Crippen LogP contribution in [0.2, 0.25) is 0 Å². The largest absolute Gasteiger partial charge is 0.353 e. The number of fused-ring (bicyclic) bond motifs is 1. The zero-order valence-corrected chi connectivity index (χ0v) is 14.9. The Morgan fingerprint density at radius 3 is 2.63 bits per heavy atom. The van der Waals surface area contributed by atoms with Crippen LogP contribution in [0.4, 0.5) is 11.6 Å². The molecule has 0 atom stereocenters. The number of hydrogen-bond donors (Lipinski definition) is 1.